The van der Waals surface area contributed by atoms with E-state index in [1.165, 1.54) is 13.8 Å². The van der Waals surface area contributed by atoms with Gasteiger partial charge in [-0.05, 0) is 37.4 Å². The topological polar surface area (TPSA) is 173 Å². The molecule has 0 unspecified atom stereocenters. The Morgan fingerprint density at radius 3 is 2.00 bits per heavy atom. The van der Waals surface area contributed by atoms with Gasteiger partial charge in [-0.1, -0.05) is 13.8 Å². The van der Waals surface area contributed by atoms with Gasteiger partial charge in [0.2, 0.25) is 19.5 Å². The zero-order valence-corrected chi connectivity index (χ0v) is 24.2. The van der Waals surface area contributed by atoms with Crippen LogP contribution >= 0.6 is 23.5 Å². The highest BCUT2D eigenvalue weighted by atomic mass is 32.2. The van der Waals surface area contributed by atoms with E-state index < -0.39 is 58.8 Å². The fourth-order valence-corrected chi connectivity index (χ4v) is 4.00. The predicted octanol–water partition coefficient (Wildman–Crippen LogP) is 1.69. The summed E-state index contributed by atoms with van der Waals surface area (Å²) in [6.07, 6.45) is 0.221. The molecule has 1 aliphatic heterocycles. The monoisotopic (exact) mass is 596 g/mol. The summed E-state index contributed by atoms with van der Waals surface area (Å²) in [7, 11) is 0. The molecule has 1 rings (SSSR count). The number of nitrogens with zero attached hydrogens (tertiary/aromatic N) is 1. The van der Waals surface area contributed by atoms with Crippen LogP contribution in [0, 0.1) is 0 Å². The van der Waals surface area contributed by atoms with Gasteiger partial charge in [0.25, 0.3) is 0 Å². The van der Waals surface area contributed by atoms with Gasteiger partial charge in [0.1, 0.15) is 12.6 Å². The van der Waals surface area contributed by atoms with Gasteiger partial charge in [-0.3, -0.25) is 19.3 Å². The first-order valence-electron chi connectivity index (χ1n) is 12.2. The van der Waals surface area contributed by atoms with Crippen molar-refractivity contribution in [3.63, 3.8) is 0 Å². The van der Waals surface area contributed by atoms with Gasteiger partial charge in [0.15, 0.2) is 0 Å². The molecule has 0 aliphatic carbocycles. The third-order valence-corrected chi connectivity index (χ3v) is 6.80. The van der Waals surface area contributed by atoms with Crippen LogP contribution in [0.4, 0.5) is 9.59 Å². The highest BCUT2D eigenvalue weighted by Gasteiger charge is 2.36. The van der Waals surface area contributed by atoms with E-state index in [4.69, 9.17) is 18.9 Å². The zero-order chi connectivity index (χ0) is 29.3. The van der Waals surface area contributed by atoms with Crippen molar-refractivity contribution in [2.24, 2.45) is 0 Å². The molecule has 39 heavy (non-hydrogen) atoms. The summed E-state index contributed by atoms with van der Waals surface area (Å²) >= 11 is 1.09. The van der Waals surface area contributed by atoms with E-state index in [0.29, 0.717) is 56.4 Å². The van der Waals surface area contributed by atoms with Gasteiger partial charge in [-0.2, -0.15) is 0 Å². The molecule has 1 aliphatic rings. The minimum Gasteiger partial charge on any atom is -0.463 e. The van der Waals surface area contributed by atoms with Crippen molar-refractivity contribution in [2.45, 2.75) is 51.3 Å². The van der Waals surface area contributed by atoms with Gasteiger partial charge in [0, 0.05) is 38.2 Å². The van der Waals surface area contributed by atoms with Crippen LogP contribution in [0.25, 0.3) is 0 Å². The molecule has 1 N–H and O–H groups in total. The molecule has 222 valence electrons. The summed E-state index contributed by atoms with van der Waals surface area (Å²) in [5.74, 6) is -2.86. The summed E-state index contributed by atoms with van der Waals surface area (Å²) in [4.78, 5) is 74.2. The largest absolute Gasteiger partial charge is 0.463 e. The lowest BCUT2D eigenvalue weighted by Gasteiger charge is -2.27. The molecule has 0 saturated carbocycles. The molecule has 1 amide bonds. The molecule has 0 bridgehead atoms. The van der Waals surface area contributed by atoms with Crippen molar-refractivity contribution in [2.75, 3.05) is 58.8 Å². The summed E-state index contributed by atoms with van der Waals surface area (Å²) in [5.41, 5.74) is 0. The molecule has 16 heteroatoms. The molecular formula is C23H36N2O12S2. The molecule has 0 aromatic rings. The number of nitrogens with one attached hydrogen (secondary N) is 1. The number of carbonyl (C=O) groups excluding carboxylic acids is 6. The Morgan fingerprint density at radius 2 is 1.44 bits per heavy atom. The van der Waals surface area contributed by atoms with Gasteiger partial charge in [-0.15, -0.1) is 0 Å². The molecule has 14 nitrogen and oxygen atoms in total. The van der Waals surface area contributed by atoms with Crippen LogP contribution < -0.4 is 5.32 Å². The maximum absolute atomic E-state index is 13.0. The lowest BCUT2D eigenvalue weighted by Crippen LogP contribution is -2.50. The second-order valence-electron chi connectivity index (χ2n) is 8.34. The Bertz CT molecular complexity index is 849. The molecular weight excluding hydrogens is 560 g/mol. The van der Waals surface area contributed by atoms with Crippen molar-refractivity contribution in [3.8, 4) is 0 Å². The van der Waals surface area contributed by atoms with Crippen LogP contribution in [-0.2, 0) is 47.6 Å². The maximum Gasteiger partial charge on any atom is 0.371 e. The molecule has 0 radical (unpaired) electrons. The summed E-state index contributed by atoms with van der Waals surface area (Å²) in [6.45, 7) is 7.89. The maximum atomic E-state index is 13.0. The molecule has 1 atom stereocenters. The Hall–Kier alpha value is -2.56. The number of carbonyl (C=O) groups is 6. The van der Waals surface area contributed by atoms with E-state index in [2.05, 4.69) is 19.7 Å². The second-order valence-corrected chi connectivity index (χ2v) is 10.8. The van der Waals surface area contributed by atoms with Gasteiger partial charge >= 0.3 is 28.5 Å². The first-order valence-corrected chi connectivity index (χ1v) is 14.0. The SMILES string of the molecule is CCC(=O)OCOC(=O)SC[C@H](NC(=O)C(C)(C)SC(=O)OCOC(=O)CC)C(=O)OCCN1CCOCC1. The molecule has 1 heterocycles. The Kier molecular flexibility index (Phi) is 16.5. The van der Waals surface area contributed by atoms with E-state index in [-0.39, 0.29) is 25.2 Å². The highest BCUT2D eigenvalue weighted by Crippen LogP contribution is 2.27. The van der Waals surface area contributed by atoms with Crippen LogP contribution in [0.3, 0.4) is 0 Å². The summed E-state index contributed by atoms with van der Waals surface area (Å²) < 4.78 is 28.1. The second kappa shape index (κ2) is 18.7. The van der Waals surface area contributed by atoms with Crippen molar-refractivity contribution in [1.82, 2.24) is 10.2 Å². The lowest BCUT2D eigenvalue weighted by atomic mass is 10.2. The number of hydrogen-bond donors (Lipinski definition) is 1. The molecule has 1 fully saturated rings. The standard InChI is InChI=1S/C23H36N2O12S2/c1-5-17(26)34-14-36-21(30)38-13-16(19(28)33-12-9-25-7-10-32-11-8-25)24-20(29)23(3,4)39-22(31)37-15-35-18(27)6-2/h16H,5-15H2,1-4H3,(H,24,29)/t16-/m0/s1. The first-order chi connectivity index (χ1) is 18.5. The predicted molar refractivity (Wildman–Crippen MR) is 140 cm³/mol. The van der Waals surface area contributed by atoms with Crippen LogP contribution in [-0.4, -0.2) is 109 Å². The fraction of sp³-hybridized carbons (Fsp3) is 0.739. The van der Waals surface area contributed by atoms with Crippen LogP contribution in [0.1, 0.15) is 40.5 Å². The van der Waals surface area contributed by atoms with Gasteiger partial charge in [-0.25, -0.2) is 14.4 Å². The molecule has 1 saturated heterocycles. The van der Waals surface area contributed by atoms with Crippen molar-refractivity contribution >= 4 is 57.9 Å². The van der Waals surface area contributed by atoms with E-state index in [1.807, 2.05) is 0 Å². The smallest absolute Gasteiger partial charge is 0.371 e. The summed E-state index contributed by atoms with van der Waals surface area (Å²) in [5, 5.41) is 0.791. The highest BCUT2D eigenvalue weighted by molar-refractivity contribution is 8.15. The van der Waals surface area contributed by atoms with E-state index in [1.54, 1.807) is 13.8 Å². The Labute approximate surface area is 235 Å². The molecule has 0 spiro atoms. The minimum atomic E-state index is -1.41. The van der Waals surface area contributed by atoms with Crippen molar-refractivity contribution in [1.29, 1.82) is 0 Å². The average Bonchev–Trinajstić information content (AvgIpc) is 2.90. The van der Waals surface area contributed by atoms with Crippen molar-refractivity contribution in [3.05, 3.63) is 0 Å². The van der Waals surface area contributed by atoms with E-state index >= 15 is 0 Å². The minimum absolute atomic E-state index is 0.0498. The van der Waals surface area contributed by atoms with Gasteiger partial charge in [0.05, 0.1) is 18.0 Å². The third-order valence-electron chi connectivity index (χ3n) is 4.97. The summed E-state index contributed by atoms with van der Waals surface area (Å²) in [6, 6.07) is -1.26. The fourth-order valence-electron chi connectivity index (χ4n) is 2.67. The normalized spacial score (nSPS) is 14.5. The third kappa shape index (κ3) is 15.0. The van der Waals surface area contributed by atoms with Crippen LogP contribution in [0.5, 0.6) is 0 Å². The number of hydrogen-bond acceptors (Lipinski definition) is 15. The Balaban J connectivity index is 2.70. The number of ether oxygens (including phenoxy) is 6. The molecule has 0 aromatic carbocycles. The zero-order valence-electron chi connectivity index (χ0n) is 22.5. The number of rotatable bonds is 15. The van der Waals surface area contributed by atoms with E-state index in [0.717, 1.165) is 0 Å². The quantitative estimate of drug-likeness (QED) is 0.164. The first kappa shape index (κ1) is 34.5. The number of thioether (sulfide) groups is 2. The Morgan fingerprint density at radius 1 is 0.872 bits per heavy atom. The molecule has 0 aromatic heterocycles. The lowest BCUT2D eigenvalue weighted by molar-refractivity contribution is -0.152. The number of morpholine rings is 1. The van der Waals surface area contributed by atoms with Crippen molar-refractivity contribution < 1.29 is 57.2 Å². The average molecular weight is 597 g/mol. The van der Waals surface area contributed by atoms with E-state index in [9.17, 15) is 28.8 Å². The number of esters is 3. The van der Waals surface area contributed by atoms with Crippen LogP contribution in [0.15, 0.2) is 0 Å². The number of amides is 1. The van der Waals surface area contributed by atoms with Crippen LogP contribution in [0.2, 0.25) is 0 Å². The van der Waals surface area contributed by atoms with Gasteiger partial charge < -0.3 is 33.7 Å².